The van der Waals surface area contributed by atoms with Gasteiger partial charge in [-0.3, -0.25) is 9.69 Å². The van der Waals surface area contributed by atoms with Gasteiger partial charge in [0.15, 0.2) is 0 Å². The zero-order chi connectivity index (χ0) is 15.1. The molecule has 0 saturated carbocycles. The lowest BCUT2D eigenvalue weighted by atomic mass is 10.2. The van der Waals surface area contributed by atoms with Gasteiger partial charge < -0.3 is 4.90 Å². The molecule has 0 aliphatic heterocycles. The van der Waals surface area contributed by atoms with E-state index in [1.54, 1.807) is 0 Å². The monoisotopic (exact) mass is 276 g/mol. The molecule has 0 spiro atoms. The average Bonchev–Trinajstić information content (AvgIpc) is 2.38. The summed E-state index contributed by atoms with van der Waals surface area (Å²) in [5.41, 5.74) is 1.25. The van der Waals surface area contributed by atoms with E-state index in [-0.39, 0.29) is 18.0 Å². The van der Waals surface area contributed by atoms with Gasteiger partial charge >= 0.3 is 0 Å². The van der Waals surface area contributed by atoms with Gasteiger partial charge in [0.2, 0.25) is 5.91 Å². The quantitative estimate of drug-likeness (QED) is 0.764. The van der Waals surface area contributed by atoms with Gasteiger partial charge in [0.1, 0.15) is 0 Å². The van der Waals surface area contributed by atoms with Crippen molar-refractivity contribution >= 4 is 5.91 Å². The molecule has 0 saturated heterocycles. The van der Waals surface area contributed by atoms with Crippen molar-refractivity contribution in [2.24, 2.45) is 0 Å². The van der Waals surface area contributed by atoms with Gasteiger partial charge in [-0.05, 0) is 39.8 Å². The maximum atomic E-state index is 12.5. The molecular weight excluding hydrogens is 248 g/mol. The largest absolute Gasteiger partial charge is 0.337 e. The summed E-state index contributed by atoms with van der Waals surface area (Å²) < 4.78 is 0. The van der Waals surface area contributed by atoms with E-state index >= 15 is 0 Å². The highest BCUT2D eigenvalue weighted by atomic mass is 16.2. The minimum atomic E-state index is 0.216. The highest BCUT2D eigenvalue weighted by Crippen LogP contribution is 2.09. The second-order valence-corrected chi connectivity index (χ2v) is 5.78. The number of carbonyl (C=O) groups excluding carboxylic acids is 1. The fourth-order valence-electron chi connectivity index (χ4n) is 2.57. The van der Waals surface area contributed by atoms with Crippen molar-refractivity contribution in [3.8, 4) is 0 Å². The molecule has 0 radical (unpaired) electrons. The van der Waals surface area contributed by atoms with Crippen LogP contribution in [0.1, 0.15) is 40.2 Å². The number of rotatable bonds is 7. The number of likely N-dealkylation sites (N-methyl/N-ethyl adjacent to an activating group) is 1. The lowest BCUT2D eigenvalue weighted by Gasteiger charge is -2.33. The number of benzene rings is 1. The Hall–Kier alpha value is -1.35. The van der Waals surface area contributed by atoms with Crippen molar-refractivity contribution in [2.75, 3.05) is 13.1 Å². The third-order valence-electron chi connectivity index (χ3n) is 3.46. The van der Waals surface area contributed by atoms with Crippen LogP contribution in [0.5, 0.6) is 0 Å². The molecule has 1 aromatic rings. The fourth-order valence-corrected chi connectivity index (χ4v) is 2.57. The summed E-state index contributed by atoms with van der Waals surface area (Å²) in [5, 5.41) is 0. The van der Waals surface area contributed by atoms with Crippen LogP contribution in [0.4, 0.5) is 0 Å². The first-order valence-electron chi connectivity index (χ1n) is 7.53. The van der Waals surface area contributed by atoms with Crippen LogP contribution in [0.15, 0.2) is 30.3 Å². The van der Waals surface area contributed by atoms with E-state index in [1.807, 2.05) is 23.1 Å². The second-order valence-electron chi connectivity index (χ2n) is 5.78. The maximum absolute atomic E-state index is 12.5. The van der Waals surface area contributed by atoms with Crippen LogP contribution in [0.3, 0.4) is 0 Å². The minimum Gasteiger partial charge on any atom is -0.337 e. The molecule has 0 aliphatic rings. The summed E-state index contributed by atoms with van der Waals surface area (Å²) in [5.74, 6) is 0.216. The van der Waals surface area contributed by atoms with Crippen LogP contribution < -0.4 is 0 Å². The van der Waals surface area contributed by atoms with Crippen molar-refractivity contribution in [1.82, 2.24) is 9.80 Å². The smallest absolute Gasteiger partial charge is 0.237 e. The predicted octanol–water partition coefficient (Wildman–Crippen LogP) is 3.15. The molecule has 1 rings (SSSR count). The Bertz CT molecular complexity index is 393. The Labute approximate surface area is 123 Å². The standard InChI is InChI=1S/C17H28N2O/c1-6-18(12-16-10-8-7-9-11-16)13-17(20)19(14(2)3)15(4)5/h7-11,14-15H,6,12-13H2,1-5H3. The van der Waals surface area contributed by atoms with Gasteiger partial charge in [0.25, 0.3) is 0 Å². The summed E-state index contributed by atoms with van der Waals surface area (Å²) in [7, 11) is 0. The molecule has 3 nitrogen and oxygen atoms in total. The lowest BCUT2D eigenvalue weighted by molar-refractivity contribution is -0.136. The van der Waals surface area contributed by atoms with Gasteiger partial charge in [-0.25, -0.2) is 0 Å². The van der Waals surface area contributed by atoms with Crippen molar-refractivity contribution < 1.29 is 4.79 Å². The summed E-state index contributed by atoms with van der Waals surface area (Å²) in [4.78, 5) is 16.6. The number of carbonyl (C=O) groups is 1. The Kier molecular flexibility index (Phi) is 6.73. The Morgan fingerprint density at radius 3 is 2.05 bits per heavy atom. The Morgan fingerprint density at radius 2 is 1.60 bits per heavy atom. The number of hydrogen-bond donors (Lipinski definition) is 0. The first-order valence-corrected chi connectivity index (χ1v) is 7.53. The summed E-state index contributed by atoms with van der Waals surface area (Å²) in [6.45, 7) is 12.6. The minimum absolute atomic E-state index is 0.216. The zero-order valence-corrected chi connectivity index (χ0v) is 13.5. The predicted molar refractivity (Wildman–Crippen MR) is 84.5 cm³/mol. The van der Waals surface area contributed by atoms with Gasteiger partial charge in [0, 0.05) is 18.6 Å². The van der Waals surface area contributed by atoms with Crippen LogP contribution >= 0.6 is 0 Å². The van der Waals surface area contributed by atoms with Crippen LogP contribution in [0, 0.1) is 0 Å². The molecule has 0 aromatic heterocycles. The lowest BCUT2D eigenvalue weighted by Crippen LogP contribution is -2.47. The SMILES string of the molecule is CCN(CC(=O)N(C(C)C)C(C)C)Cc1ccccc1. The molecule has 1 amide bonds. The van der Waals surface area contributed by atoms with Gasteiger partial charge in [-0.15, -0.1) is 0 Å². The van der Waals surface area contributed by atoms with Crippen LogP contribution in [-0.2, 0) is 11.3 Å². The molecule has 0 bridgehead atoms. The average molecular weight is 276 g/mol. The van der Waals surface area contributed by atoms with Gasteiger partial charge in [0.05, 0.1) is 6.54 Å². The molecule has 3 heteroatoms. The highest BCUT2D eigenvalue weighted by Gasteiger charge is 2.21. The first kappa shape index (κ1) is 16.7. The third kappa shape index (κ3) is 4.97. The van der Waals surface area contributed by atoms with Crippen molar-refractivity contribution in [1.29, 1.82) is 0 Å². The van der Waals surface area contributed by atoms with E-state index < -0.39 is 0 Å². The first-order chi connectivity index (χ1) is 9.45. The molecule has 0 unspecified atom stereocenters. The molecule has 1 aromatic carbocycles. The van der Waals surface area contributed by atoms with Crippen molar-refractivity contribution in [3.05, 3.63) is 35.9 Å². The van der Waals surface area contributed by atoms with E-state index in [0.717, 1.165) is 13.1 Å². The third-order valence-corrected chi connectivity index (χ3v) is 3.46. The van der Waals surface area contributed by atoms with Gasteiger partial charge in [-0.1, -0.05) is 37.3 Å². The van der Waals surface area contributed by atoms with Crippen molar-refractivity contribution in [3.63, 3.8) is 0 Å². The van der Waals surface area contributed by atoms with Crippen molar-refractivity contribution in [2.45, 2.75) is 53.2 Å². The number of amides is 1. The molecule has 112 valence electrons. The summed E-state index contributed by atoms with van der Waals surface area (Å²) in [6, 6.07) is 10.8. The zero-order valence-electron chi connectivity index (χ0n) is 13.5. The molecular formula is C17H28N2O. The van der Waals surface area contributed by atoms with E-state index in [9.17, 15) is 4.79 Å². The van der Waals surface area contributed by atoms with Gasteiger partial charge in [-0.2, -0.15) is 0 Å². The molecule has 0 heterocycles. The fraction of sp³-hybridized carbons (Fsp3) is 0.588. The highest BCUT2D eigenvalue weighted by molar-refractivity contribution is 5.78. The van der Waals surface area contributed by atoms with E-state index in [4.69, 9.17) is 0 Å². The molecule has 20 heavy (non-hydrogen) atoms. The summed E-state index contributed by atoms with van der Waals surface area (Å²) >= 11 is 0. The maximum Gasteiger partial charge on any atom is 0.237 e. The Balaban J connectivity index is 2.65. The second kappa shape index (κ2) is 8.05. The van der Waals surface area contributed by atoms with E-state index in [2.05, 4.69) is 51.7 Å². The number of hydrogen-bond acceptors (Lipinski definition) is 2. The van der Waals surface area contributed by atoms with Crippen LogP contribution in [-0.4, -0.2) is 40.9 Å². The molecule has 0 atom stereocenters. The topological polar surface area (TPSA) is 23.6 Å². The molecule has 0 fully saturated rings. The summed E-state index contributed by atoms with van der Waals surface area (Å²) in [6.07, 6.45) is 0. The van der Waals surface area contributed by atoms with E-state index in [1.165, 1.54) is 5.56 Å². The number of nitrogens with zero attached hydrogens (tertiary/aromatic N) is 2. The Morgan fingerprint density at radius 1 is 1.05 bits per heavy atom. The van der Waals surface area contributed by atoms with Crippen LogP contribution in [0.2, 0.25) is 0 Å². The molecule has 0 aliphatic carbocycles. The normalized spacial score (nSPS) is 11.4. The van der Waals surface area contributed by atoms with E-state index in [0.29, 0.717) is 6.54 Å². The molecule has 0 N–H and O–H groups in total. The van der Waals surface area contributed by atoms with Crippen LogP contribution in [0.25, 0.3) is 0 Å².